The second-order valence-electron chi connectivity index (χ2n) is 0.329. The van der Waals surface area contributed by atoms with Gasteiger partial charge in [0.05, 0.1) is 0 Å². The van der Waals surface area contributed by atoms with Crippen molar-refractivity contribution >= 4 is 6.03 Å². The molecule has 0 aromatic carbocycles. The molecule has 0 spiro atoms. The average Bonchev–Trinajstić information content (AvgIpc) is 0.811. The second kappa shape index (κ2) is 16.3. The zero-order chi connectivity index (χ0) is 3.58. The summed E-state index contributed by atoms with van der Waals surface area (Å²) in [4.78, 5) is 8.78. The van der Waals surface area contributed by atoms with Gasteiger partial charge in [0, 0.05) is 16.5 Å². The van der Waals surface area contributed by atoms with Crippen LogP contribution in [0.5, 0.6) is 0 Å². The van der Waals surface area contributed by atoms with Crippen molar-refractivity contribution < 1.29 is 38.4 Å². The minimum atomic E-state index is -1.33. The standard InChI is InChI=1S/CH3N2O.CH3.Cu.Ni/c2-1(3)4;;;/h(H3-,2,3,4);1H3;;/q2*-1;+2;/p-1. The molecule has 0 rings (SSSR count). The fourth-order valence-electron chi connectivity index (χ4n) is 0. The molecule has 0 heterocycles. The predicted octanol–water partition coefficient (Wildman–Crippen LogP) is 1.66. The summed E-state index contributed by atoms with van der Waals surface area (Å²) in [6.07, 6.45) is 0. The number of nitrogens with one attached hydrogen (secondary N) is 2. The fourth-order valence-corrected chi connectivity index (χ4v) is 0. The van der Waals surface area contributed by atoms with Gasteiger partial charge in [-0.2, -0.15) is 0 Å². The monoisotopic (exact) mass is 194 g/mol. The topological polar surface area (TPSA) is 64.7 Å². The van der Waals surface area contributed by atoms with E-state index in [-0.39, 0.29) is 41.0 Å². The number of hydrogen-bond donors (Lipinski definition) is 0. The number of amides is 2. The number of urea groups is 1. The van der Waals surface area contributed by atoms with E-state index in [0.717, 1.165) is 0 Å². The zero-order valence-corrected chi connectivity index (χ0v) is 5.46. The van der Waals surface area contributed by atoms with Crippen LogP contribution >= 0.6 is 0 Å². The summed E-state index contributed by atoms with van der Waals surface area (Å²) in [7, 11) is 0. The molecule has 3 nitrogen and oxygen atoms in total. The maximum absolute atomic E-state index is 8.78. The van der Waals surface area contributed by atoms with Gasteiger partial charge in [-0.3, -0.25) is 0 Å². The summed E-state index contributed by atoms with van der Waals surface area (Å²) < 4.78 is 0. The van der Waals surface area contributed by atoms with Crippen molar-refractivity contribution in [2.45, 2.75) is 0 Å². The Balaban J connectivity index is -0.0000000150. The number of hydrogen-bond acceptors (Lipinski definition) is 1. The maximum Gasteiger partial charge on any atom is 2.00 e. The number of carbonyl (C=O) groups is 1. The van der Waals surface area contributed by atoms with E-state index in [0.29, 0.717) is 0 Å². The molecule has 0 saturated carbocycles. The molecule has 0 aliphatic carbocycles. The van der Waals surface area contributed by atoms with E-state index in [1.54, 1.807) is 0 Å². The van der Waals surface area contributed by atoms with Crippen LogP contribution in [0.2, 0.25) is 0 Å². The number of carbonyl (C=O) groups excluding carboxylic acids is 1. The Labute approximate surface area is 63.6 Å². The minimum Gasteiger partial charge on any atom is -0.684 e. The van der Waals surface area contributed by atoms with E-state index in [2.05, 4.69) is 0 Å². The molecule has 0 bridgehead atoms. The van der Waals surface area contributed by atoms with E-state index in [9.17, 15) is 0 Å². The molecule has 51 valence electrons. The number of rotatable bonds is 0. The molecule has 1 radical (unpaired) electrons. The van der Waals surface area contributed by atoms with Crippen LogP contribution in [0.4, 0.5) is 4.79 Å². The van der Waals surface area contributed by atoms with Crippen molar-refractivity contribution in [3.05, 3.63) is 18.9 Å². The fraction of sp³-hybridized carbons (Fsp3) is 0. The molecule has 0 aromatic heterocycles. The van der Waals surface area contributed by atoms with Crippen LogP contribution in [-0.4, -0.2) is 6.03 Å². The third-order valence-electron chi connectivity index (χ3n) is 0. The van der Waals surface area contributed by atoms with Gasteiger partial charge in [0.15, 0.2) is 0 Å². The van der Waals surface area contributed by atoms with Gasteiger partial charge in [-0.15, -0.1) is 0 Å². The van der Waals surface area contributed by atoms with Crippen LogP contribution in [0.3, 0.4) is 0 Å². The van der Waals surface area contributed by atoms with E-state index in [1.165, 1.54) is 0 Å². The molecule has 0 aromatic rings. The van der Waals surface area contributed by atoms with Crippen LogP contribution in [-0.2, 0) is 33.6 Å². The summed E-state index contributed by atoms with van der Waals surface area (Å²) in [5.74, 6) is 0. The Morgan fingerprint density at radius 2 is 1.29 bits per heavy atom. The molecular weight excluding hydrogens is 190 g/mol. The van der Waals surface area contributed by atoms with Gasteiger partial charge >= 0.3 is 17.1 Å². The zero-order valence-electron chi connectivity index (χ0n) is 3.53. The van der Waals surface area contributed by atoms with Crippen LogP contribution in [0.1, 0.15) is 0 Å². The van der Waals surface area contributed by atoms with Crippen LogP contribution in [0.15, 0.2) is 0 Å². The minimum absolute atomic E-state index is 0. The first-order chi connectivity index (χ1) is 1.73. The van der Waals surface area contributed by atoms with Gasteiger partial charge < -0.3 is 23.7 Å². The van der Waals surface area contributed by atoms with E-state index in [1.807, 2.05) is 0 Å². The van der Waals surface area contributed by atoms with Gasteiger partial charge in [0.25, 0.3) is 0 Å². The molecule has 2 N–H and O–H groups in total. The van der Waals surface area contributed by atoms with Crippen LogP contribution < -0.4 is 0 Å². The molecule has 2 amide bonds. The van der Waals surface area contributed by atoms with Crippen molar-refractivity contribution in [3.63, 3.8) is 0 Å². The first-order valence-electron chi connectivity index (χ1n) is 0.704. The van der Waals surface area contributed by atoms with Crippen molar-refractivity contribution in [1.29, 1.82) is 0 Å². The van der Waals surface area contributed by atoms with Gasteiger partial charge in [0.1, 0.15) is 0 Å². The SMILES string of the molecule is [CH3-].[Cu+2].[NH-]C([NH-])=O.[Ni]. The smallest absolute Gasteiger partial charge is 0.684 e. The van der Waals surface area contributed by atoms with Gasteiger partial charge in [-0.25, -0.2) is 0 Å². The molecule has 0 saturated heterocycles. The Kier molecular flexibility index (Phi) is 62.0. The largest absolute Gasteiger partial charge is 2.00 e. The van der Waals surface area contributed by atoms with Crippen molar-refractivity contribution in [2.24, 2.45) is 0 Å². The van der Waals surface area contributed by atoms with Crippen LogP contribution in [0, 0.1) is 7.43 Å². The Morgan fingerprint density at radius 1 is 1.29 bits per heavy atom. The van der Waals surface area contributed by atoms with E-state index < -0.39 is 6.03 Å². The first kappa shape index (κ1) is 26.7. The third-order valence-corrected chi connectivity index (χ3v) is 0. The summed E-state index contributed by atoms with van der Waals surface area (Å²) >= 11 is 0. The van der Waals surface area contributed by atoms with Crippen molar-refractivity contribution in [2.75, 3.05) is 0 Å². The van der Waals surface area contributed by atoms with E-state index >= 15 is 0 Å². The quantitative estimate of drug-likeness (QED) is 0.428. The van der Waals surface area contributed by atoms with Gasteiger partial charge in [-0.05, 0) is 6.03 Å². The molecule has 0 fully saturated rings. The van der Waals surface area contributed by atoms with Gasteiger partial charge in [-0.1, -0.05) is 0 Å². The van der Waals surface area contributed by atoms with E-state index in [4.69, 9.17) is 16.3 Å². The molecule has 0 atom stereocenters. The predicted molar refractivity (Wildman–Crippen MR) is 20.5 cm³/mol. The molecule has 0 aliphatic heterocycles. The summed E-state index contributed by atoms with van der Waals surface area (Å²) in [6.45, 7) is 0. The van der Waals surface area contributed by atoms with Gasteiger partial charge in [0.2, 0.25) is 0 Å². The Bertz CT molecular complexity index is 38.7. The molecular formula is C2H5CuN2NiO-. The van der Waals surface area contributed by atoms with Crippen molar-refractivity contribution in [3.8, 4) is 0 Å². The molecule has 7 heavy (non-hydrogen) atoms. The molecule has 0 unspecified atom stereocenters. The Hall–Kier alpha value is 0.283. The van der Waals surface area contributed by atoms with Crippen molar-refractivity contribution in [1.82, 2.24) is 0 Å². The normalized spacial score (nSPS) is 3.43. The third kappa shape index (κ3) is 1440. The maximum atomic E-state index is 8.78. The summed E-state index contributed by atoms with van der Waals surface area (Å²) in [6, 6.07) is -1.33. The summed E-state index contributed by atoms with van der Waals surface area (Å²) in [5, 5.41) is 0. The Morgan fingerprint density at radius 3 is 1.29 bits per heavy atom. The molecule has 0 aliphatic rings. The molecule has 5 heteroatoms. The average molecular weight is 195 g/mol. The second-order valence-corrected chi connectivity index (χ2v) is 0.329. The van der Waals surface area contributed by atoms with Crippen LogP contribution in [0.25, 0.3) is 11.5 Å². The summed E-state index contributed by atoms with van der Waals surface area (Å²) in [5.41, 5.74) is 11.2. The first-order valence-corrected chi connectivity index (χ1v) is 0.704.